The smallest absolute Gasteiger partial charge is 0.127 e. The Hall–Kier alpha value is -2.20. The third kappa shape index (κ3) is 3.31. The zero-order chi connectivity index (χ0) is 17.2. The number of alkyl halides is 1. The molecular formula is C21H21F2NO. The Morgan fingerprint density at radius 2 is 1.76 bits per heavy atom. The lowest BCUT2D eigenvalue weighted by Gasteiger charge is -2.27. The zero-order valence-electron chi connectivity index (χ0n) is 14.1. The van der Waals surface area contributed by atoms with E-state index in [9.17, 15) is 8.78 Å². The Kier molecular flexibility index (Phi) is 4.53. The predicted octanol–water partition coefficient (Wildman–Crippen LogP) is 4.59. The normalized spacial score (nSPS) is 17.5. The minimum atomic E-state index is -0.508. The second-order valence-corrected chi connectivity index (χ2v) is 6.72. The highest BCUT2D eigenvalue weighted by Crippen LogP contribution is 2.38. The molecule has 0 spiro atoms. The highest BCUT2D eigenvalue weighted by atomic mass is 19.1. The van der Waals surface area contributed by atoms with Crippen molar-refractivity contribution < 1.29 is 13.5 Å². The first-order valence-corrected chi connectivity index (χ1v) is 8.77. The molecule has 0 atom stereocenters. The van der Waals surface area contributed by atoms with Crippen LogP contribution in [0.15, 0.2) is 48.0 Å². The lowest BCUT2D eigenvalue weighted by molar-refractivity contribution is 0.308. The molecule has 4 heteroatoms. The number of halogens is 2. The maximum absolute atomic E-state index is 13.4. The summed E-state index contributed by atoms with van der Waals surface area (Å²) in [5.74, 6) is 0.511. The fourth-order valence-electron chi connectivity index (χ4n) is 3.72. The summed E-state index contributed by atoms with van der Waals surface area (Å²) in [6.45, 7) is 3.04. The van der Waals surface area contributed by atoms with E-state index in [-0.39, 0.29) is 5.82 Å². The Morgan fingerprint density at radius 1 is 1.00 bits per heavy atom. The molecule has 2 aromatic carbocycles. The number of rotatable bonds is 4. The van der Waals surface area contributed by atoms with Crippen molar-refractivity contribution >= 4 is 5.57 Å². The van der Waals surface area contributed by atoms with Gasteiger partial charge in [0.15, 0.2) is 0 Å². The summed E-state index contributed by atoms with van der Waals surface area (Å²) in [5.41, 5.74) is 4.73. The first kappa shape index (κ1) is 16.3. The van der Waals surface area contributed by atoms with Gasteiger partial charge in [0.1, 0.15) is 24.8 Å². The summed E-state index contributed by atoms with van der Waals surface area (Å²) in [6, 6.07) is 12.0. The molecule has 0 bridgehead atoms. The van der Waals surface area contributed by atoms with Gasteiger partial charge in [0.05, 0.1) is 0 Å². The monoisotopic (exact) mass is 341 g/mol. The average molecular weight is 341 g/mol. The van der Waals surface area contributed by atoms with Crippen LogP contribution in [0.3, 0.4) is 0 Å². The number of ether oxygens (including phenoxy) is 1. The van der Waals surface area contributed by atoms with Crippen molar-refractivity contribution in [3.05, 3.63) is 70.5 Å². The molecule has 0 saturated carbocycles. The van der Waals surface area contributed by atoms with Gasteiger partial charge in [-0.1, -0.05) is 18.2 Å². The predicted molar refractivity (Wildman–Crippen MR) is 94.8 cm³/mol. The maximum atomic E-state index is 13.4. The highest BCUT2D eigenvalue weighted by Gasteiger charge is 2.24. The minimum absolute atomic E-state index is 0.254. The van der Waals surface area contributed by atoms with E-state index in [1.54, 1.807) is 18.2 Å². The van der Waals surface area contributed by atoms with Crippen molar-refractivity contribution in [3.8, 4) is 5.75 Å². The SMILES string of the molecule is FCc1ccc2c(c1)C(c1ccc(F)cc1)=C(CN1CCCC1)CO2. The van der Waals surface area contributed by atoms with Crippen LogP contribution in [-0.4, -0.2) is 31.1 Å². The van der Waals surface area contributed by atoms with Gasteiger partial charge in [-0.3, -0.25) is 4.90 Å². The Labute approximate surface area is 146 Å². The van der Waals surface area contributed by atoms with Crippen molar-refractivity contribution in [1.29, 1.82) is 0 Å². The second-order valence-electron chi connectivity index (χ2n) is 6.72. The fraction of sp³-hybridized carbons (Fsp3) is 0.333. The molecule has 1 fully saturated rings. The van der Waals surface area contributed by atoms with Crippen molar-refractivity contribution in [1.82, 2.24) is 4.90 Å². The molecule has 2 nitrogen and oxygen atoms in total. The molecule has 130 valence electrons. The van der Waals surface area contributed by atoms with E-state index in [1.807, 2.05) is 12.1 Å². The van der Waals surface area contributed by atoms with Gasteiger partial charge in [-0.05, 0) is 72.5 Å². The lowest BCUT2D eigenvalue weighted by atomic mass is 9.89. The van der Waals surface area contributed by atoms with Crippen LogP contribution in [0.4, 0.5) is 8.78 Å². The topological polar surface area (TPSA) is 12.5 Å². The molecule has 0 N–H and O–H groups in total. The molecule has 4 rings (SSSR count). The first-order valence-electron chi connectivity index (χ1n) is 8.77. The van der Waals surface area contributed by atoms with E-state index in [2.05, 4.69) is 4.90 Å². The molecule has 0 radical (unpaired) electrons. The molecule has 0 unspecified atom stereocenters. The van der Waals surface area contributed by atoms with Gasteiger partial charge in [-0.15, -0.1) is 0 Å². The molecule has 2 aliphatic rings. The van der Waals surface area contributed by atoms with Crippen LogP contribution >= 0.6 is 0 Å². The molecule has 1 saturated heterocycles. The van der Waals surface area contributed by atoms with Crippen molar-refractivity contribution in [2.75, 3.05) is 26.2 Å². The van der Waals surface area contributed by atoms with E-state index < -0.39 is 6.67 Å². The number of benzene rings is 2. The highest BCUT2D eigenvalue weighted by molar-refractivity contribution is 5.86. The van der Waals surface area contributed by atoms with Gasteiger partial charge in [0.2, 0.25) is 0 Å². The average Bonchev–Trinajstić information content (AvgIpc) is 3.15. The summed E-state index contributed by atoms with van der Waals surface area (Å²) in [5, 5.41) is 0. The van der Waals surface area contributed by atoms with Crippen LogP contribution in [0.2, 0.25) is 0 Å². The second kappa shape index (κ2) is 6.96. The zero-order valence-corrected chi connectivity index (χ0v) is 14.1. The lowest BCUT2D eigenvalue weighted by Crippen LogP contribution is -2.26. The summed E-state index contributed by atoms with van der Waals surface area (Å²) >= 11 is 0. The van der Waals surface area contributed by atoms with E-state index in [4.69, 9.17) is 4.74 Å². The maximum Gasteiger partial charge on any atom is 0.127 e. The van der Waals surface area contributed by atoms with Gasteiger partial charge < -0.3 is 4.74 Å². The molecule has 0 amide bonds. The molecule has 0 aromatic heterocycles. The minimum Gasteiger partial charge on any atom is -0.489 e. The molecule has 2 heterocycles. The number of likely N-dealkylation sites (tertiary alicyclic amines) is 1. The standard InChI is InChI=1S/C21H21F2NO/c22-12-15-3-8-20-19(11-15)21(16-4-6-18(23)7-5-16)17(14-25-20)13-24-9-1-2-10-24/h3-8,11H,1-2,9-10,12-14H2. The quantitative estimate of drug-likeness (QED) is 0.807. The van der Waals surface area contributed by atoms with Crippen LogP contribution in [0, 0.1) is 5.82 Å². The van der Waals surface area contributed by atoms with Crippen LogP contribution in [0.25, 0.3) is 5.57 Å². The van der Waals surface area contributed by atoms with Gasteiger partial charge in [0, 0.05) is 12.1 Å². The number of hydrogen-bond donors (Lipinski definition) is 0. The molecule has 25 heavy (non-hydrogen) atoms. The van der Waals surface area contributed by atoms with E-state index >= 15 is 0 Å². The van der Waals surface area contributed by atoms with Gasteiger partial charge >= 0.3 is 0 Å². The van der Waals surface area contributed by atoms with E-state index in [1.165, 1.54) is 30.5 Å². The Morgan fingerprint density at radius 3 is 2.48 bits per heavy atom. The van der Waals surface area contributed by atoms with Crippen molar-refractivity contribution in [2.24, 2.45) is 0 Å². The third-order valence-corrected chi connectivity index (χ3v) is 4.97. The van der Waals surface area contributed by atoms with Gasteiger partial charge in [-0.2, -0.15) is 0 Å². The Balaban J connectivity index is 1.82. The van der Waals surface area contributed by atoms with E-state index in [0.717, 1.165) is 42.1 Å². The summed E-state index contributed by atoms with van der Waals surface area (Å²) in [6.07, 6.45) is 2.45. The summed E-state index contributed by atoms with van der Waals surface area (Å²) < 4.78 is 32.5. The largest absolute Gasteiger partial charge is 0.489 e. The number of hydrogen-bond acceptors (Lipinski definition) is 2. The van der Waals surface area contributed by atoms with Crippen molar-refractivity contribution in [3.63, 3.8) is 0 Å². The number of fused-ring (bicyclic) bond motifs is 1. The number of nitrogens with zero attached hydrogens (tertiary/aromatic N) is 1. The third-order valence-electron chi connectivity index (χ3n) is 4.97. The van der Waals surface area contributed by atoms with Crippen LogP contribution < -0.4 is 4.74 Å². The fourth-order valence-corrected chi connectivity index (χ4v) is 3.72. The van der Waals surface area contributed by atoms with E-state index in [0.29, 0.717) is 12.2 Å². The molecule has 2 aliphatic heterocycles. The first-order chi connectivity index (χ1) is 12.2. The summed E-state index contributed by atoms with van der Waals surface area (Å²) in [7, 11) is 0. The Bertz CT molecular complexity index is 792. The molecule has 0 aliphatic carbocycles. The van der Waals surface area contributed by atoms with Crippen LogP contribution in [0.5, 0.6) is 5.75 Å². The molecular weight excluding hydrogens is 320 g/mol. The van der Waals surface area contributed by atoms with Crippen LogP contribution in [0.1, 0.15) is 29.5 Å². The van der Waals surface area contributed by atoms with Gasteiger partial charge in [-0.25, -0.2) is 8.78 Å². The van der Waals surface area contributed by atoms with Crippen LogP contribution in [-0.2, 0) is 6.67 Å². The van der Waals surface area contributed by atoms with Gasteiger partial charge in [0.25, 0.3) is 0 Å². The van der Waals surface area contributed by atoms with Crippen molar-refractivity contribution in [2.45, 2.75) is 19.5 Å². The molecule has 2 aromatic rings. The summed E-state index contributed by atoms with van der Waals surface area (Å²) in [4.78, 5) is 2.42.